The lowest BCUT2D eigenvalue weighted by atomic mass is 10.1. The van der Waals surface area contributed by atoms with Crippen molar-refractivity contribution in [1.82, 2.24) is 15.1 Å². The summed E-state index contributed by atoms with van der Waals surface area (Å²) in [4.78, 5) is 0. The molecule has 0 bridgehead atoms. The highest BCUT2D eigenvalue weighted by atomic mass is 35.5. The number of nitrogens with zero attached hydrogens (tertiary/aromatic N) is 2. The summed E-state index contributed by atoms with van der Waals surface area (Å²) in [7, 11) is -2.91. The Balaban J connectivity index is 1.60. The van der Waals surface area contributed by atoms with E-state index in [2.05, 4.69) is 16.5 Å². The van der Waals surface area contributed by atoms with E-state index in [1.807, 2.05) is 36.7 Å². The highest BCUT2D eigenvalue weighted by Gasteiger charge is 2.31. The molecule has 2 aromatic rings. The van der Waals surface area contributed by atoms with Crippen LogP contribution in [0.2, 0.25) is 5.02 Å². The number of aryl methyl sites for hydroxylation is 1. The normalized spacial score (nSPS) is 19.4. The van der Waals surface area contributed by atoms with Gasteiger partial charge in [0, 0.05) is 22.8 Å². The van der Waals surface area contributed by atoms with Crippen LogP contribution in [0.25, 0.3) is 0 Å². The highest BCUT2D eigenvalue weighted by molar-refractivity contribution is 7.91. The summed E-state index contributed by atoms with van der Waals surface area (Å²) in [5.41, 5.74) is 4.41. The smallest absolute Gasteiger partial charge is 0.152 e. The van der Waals surface area contributed by atoms with E-state index in [4.69, 9.17) is 11.6 Å². The molecule has 1 aliphatic heterocycles. The number of sulfone groups is 1. The number of halogens is 1. The topological polar surface area (TPSA) is 64.0 Å². The van der Waals surface area contributed by atoms with Crippen molar-refractivity contribution in [3.05, 3.63) is 51.8 Å². The van der Waals surface area contributed by atoms with Crippen LogP contribution in [0.1, 0.15) is 35.0 Å². The zero-order valence-corrected chi connectivity index (χ0v) is 16.2. The van der Waals surface area contributed by atoms with Gasteiger partial charge in [-0.3, -0.25) is 4.68 Å². The first-order valence-electron chi connectivity index (χ1n) is 8.56. The molecular weight excluding hydrogens is 358 g/mol. The average Bonchev–Trinajstić information content (AvgIpc) is 3.04. The highest BCUT2D eigenvalue weighted by Crippen LogP contribution is 2.26. The summed E-state index contributed by atoms with van der Waals surface area (Å²) in [6.07, 6.45) is 1.57. The molecule has 0 unspecified atom stereocenters. The fourth-order valence-corrected chi connectivity index (χ4v) is 5.32. The van der Waals surface area contributed by atoms with Crippen LogP contribution in [0.3, 0.4) is 0 Å². The van der Waals surface area contributed by atoms with Crippen LogP contribution in [0.4, 0.5) is 0 Å². The van der Waals surface area contributed by atoms with Crippen LogP contribution in [-0.2, 0) is 22.8 Å². The quantitative estimate of drug-likeness (QED) is 0.781. The van der Waals surface area contributed by atoms with Gasteiger partial charge in [0.2, 0.25) is 0 Å². The van der Waals surface area contributed by atoms with E-state index in [-0.39, 0.29) is 17.5 Å². The predicted molar refractivity (Wildman–Crippen MR) is 101 cm³/mol. The Morgan fingerprint density at radius 3 is 2.84 bits per heavy atom. The van der Waals surface area contributed by atoms with Crippen LogP contribution in [0.15, 0.2) is 24.3 Å². The van der Waals surface area contributed by atoms with Gasteiger partial charge in [-0.2, -0.15) is 5.10 Å². The van der Waals surface area contributed by atoms with E-state index >= 15 is 0 Å². The van der Waals surface area contributed by atoms with Gasteiger partial charge in [-0.25, -0.2) is 8.42 Å². The molecule has 136 valence electrons. The average molecular weight is 382 g/mol. The van der Waals surface area contributed by atoms with Gasteiger partial charge >= 0.3 is 0 Å². The Bertz CT molecular complexity index is 861. The molecule has 1 fully saturated rings. The molecule has 0 spiro atoms. The van der Waals surface area contributed by atoms with Gasteiger partial charge in [-0.05, 0) is 50.9 Å². The molecule has 3 rings (SSSR count). The molecule has 1 aromatic heterocycles. The molecule has 0 saturated carbocycles. The van der Waals surface area contributed by atoms with Crippen molar-refractivity contribution in [2.75, 3.05) is 18.1 Å². The second kappa shape index (κ2) is 7.48. The van der Waals surface area contributed by atoms with Gasteiger partial charge in [0.15, 0.2) is 9.84 Å². The summed E-state index contributed by atoms with van der Waals surface area (Å²) < 4.78 is 25.4. The minimum atomic E-state index is -2.91. The van der Waals surface area contributed by atoms with Gasteiger partial charge in [0.05, 0.1) is 23.2 Å². The van der Waals surface area contributed by atoms with Gasteiger partial charge in [0.25, 0.3) is 0 Å². The van der Waals surface area contributed by atoms with Crippen LogP contribution >= 0.6 is 11.6 Å². The largest absolute Gasteiger partial charge is 0.312 e. The lowest BCUT2D eigenvalue weighted by Crippen LogP contribution is -2.18. The maximum absolute atomic E-state index is 11.7. The van der Waals surface area contributed by atoms with Crippen molar-refractivity contribution in [3.8, 4) is 0 Å². The second-order valence-electron chi connectivity index (χ2n) is 6.71. The SMILES string of the molecule is Cc1nn([C@H]2CCS(=O)(=O)C2)c(C)c1CNCCc1cccc(Cl)c1. The number of hydrogen-bond donors (Lipinski definition) is 1. The van der Waals surface area contributed by atoms with Crippen LogP contribution in [0, 0.1) is 13.8 Å². The molecule has 1 atom stereocenters. The summed E-state index contributed by atoms with van der Waals surface area (Å²) in [5, 5.41) is 8.82. The Morgan fingerprint density at radius 2 is 2.16 bits per heavy atom. The predicted octanol–water partition coefficient (Wildman–Crippen LogP) is 2.85. The molecule has 0 aliphatic carbocycles. The fraction of sp³-hybridized carbons (Fsp3) is 0.500. The molecule has 1 N–H and O–H groups in total. The van der Waals surface area contributed by atoms with Crippen molar-refractivity contribution in [2.45, 2.75) is 39.3 Å². The minimum absolute atomic E-state index is 0.0242. The maximum atomic E-state index is 11.7. The number of aromatic nitrogens is 2. The van der Waals surface area contributed by atoms with E-state index < -0.39 is 9.84 Å². The molecule has 1 saturated heterocycles. The first-order valence-corrected chi connectivity index (χ1v) is 10.8. The standard InChI is InChI=1S/C18H24ClN3O2S/c1-13-18(11-20-8-6-15-4-3-5-16(19)10-15)14(2)22(21-13)17-7-9-25(23,24)12-17/h3-5,10,17,20H,6-9,11-12H2,1-2H3/t17-/m0/s1. The molecule has 2 heterocycles. The Morgan fingerprint density at radius 1 is 1.36 bits per heavy atom. The number of nitrogens with one attached hydrogen (secondary N) is 1. The Kier molecular flexibility index (Phi) is 5.51. The molecule has 1 aliphatic rings. The minimum Gasteiger partial charge on any atom is -0.312 e. The van der Waals surface area contributed by atoms with Crippen molar-refractivity contribution in [3.63, 3.8) is 0 Å². The molecule has 0 radical (unpaired) electrons. The third kappa shape index (κ3) is 4.43. The van der Waals surface area contributed by atoms with Crippen molar-refractivity contribution in [1.29, 1.82) is 0 Å². The first-order chi connectivity index (χ1) is 11.9. The van der Waals surface area contributed by atoms with E-state index in [1.165, 1.54) is 5.56 Å². The maximum Gasteiger partial charge on any atom is 0.152 e. The van der Waals surface area contributed by atoms with E-state index in [1.54, 1.807) is 0 Å². The second-order valence-corrected chi connectivity index (χ2v) is 9.37. The van der Waals surface area contributed by atoms with Crippen LogP contribution in [-0.4, -0.2) is 36.2 Å². The zero-order valence-electron chi connectivity index (χ0n) is 14.6. The summed E-state index contributed by atoms with van der Waals surface area (Å²) >= 11 is 6.01. The lowest BCUT2D eigenvalue weighted by Gasteiger charge is -2.12. The van der Waals surface area contributed by atoms with Gasteiger partial charge in [-0.15, -0.1) is 0 Å². The van der Waals surface area contributed by atoms with Gasteiger partial charge in [0.1, 0.15) is 0 Å². The fourth-order valence-electron chi connectivity index (χ4n) is 3.42. The molecule has 0 amide bonds. The third-order valence-corrected chi connectivity index (χ3v) is 6.80. The Hall–Kier alpha value is -1.37. The number of rotatable bonds is 6. The van der Waals surface area contributed by atoms with E-state index in [0.717, 1.165) is 41.5 Å². The van der Waals surface area contributed by atoms with E-state index in [0.29, 0.717) is 6.42 Å². The van der Waals surface area contributed by atoms with Gasteiger partial charge in [-0.1, -0.05) is 23.7 Å². The zero-order chi connectivity index (χ0) is 18.0. The van der Waals surface area contributed by atoms with E-state index in [9.17, 15) is 8.42 Å². The summed E-state index contributed by atoms with van der Waals surface area (Å²) in [6.45, 7) is 5.60. The monoisotopic (exact) mass is 381 g/mol. The van der Waals surface area contributed by atoms with Crippen molar-refractivity contribution < 1.29 is 8.42 Å². The third-order valence-electron chi connectivity index (χ3n) is 4.81. The summed E-state index contributed by atoms with van der Waals surface area (Å²) in [5.74, 6) is 0.472. The number of hydrogen-bond acceptors (Lipinski definition) is 4. The molecule has 5 nitrogen and oxygen atoms in total. The molecule has 7 heteroatoms. The molecular formula is C18H24ClN3O2S. The van der Waals surface area contributed by atoms with Crippen LogP contribution in [0.5, 0.6) is 0 Å². The van der Waals surface area contributed by atoms with Crippen molar-refractivity contribution in [2.24, 2.45) is 0 Å². The van der Waals surface area contributed by atoms with Crippen molar-refractivity contribution >= 4 is 21.4 Å². The molecule has 1 aromatic carbocycles. The lowest BCUT2D eigenvalue weighted by molar-refractivity contribution is 0.485. The van der Waals surface area contributed by atoms with Gasteiger partial charge < -0.3 is 5.32 Å². The Labute approximate surface area is 154 Å². The first kappa shape index (κ1) is 18.4. The molecule has 25 heavy (non-hydrogen) atoms. The van der Waals surface area contributed by atoms with Crippen LogP contribution < -0.4 is 5.32 Å². The number of benzene rings is 1. The summed E-state index contributed by atoms with van der Waals surface area (Å²) in [6, 6.07) is 7.87.